The van der Waals surface area contributed by atoms with Gasteiger partial charge in [-0.05, 0) is 44.0 Å². The van der Waals surface area contributed by atoms with E-state index in [0.717, 1.165) is 31.9 Å². The molecule has 1 amide bonds. The highest BCUT2D eigenvalue weighted by molar-refractivity contribution is 7.88. The second kappa shape index (κ2) is 8.32. The predicted octanol–water partition coefficient (Wildman–Crippen LogP) is 1.20. The molecule has 0 atom stereocenters. The molecule has 27 heavy (non-hydrogen) atoms. The maximum absolute atomic E-state index is 12.2. The second-order valence-corrected chi connectivity index (χ2v) is 9.30. The third-order valence-corrected chi connectivity index (χ3v) is 6.34. The first-order valence-electron chi connectivity index (χ1n) is 8.28. The number of esters is 1. The number of hydrogen-bond donors (Lipinski definition) is 0. The molecule has 0 fully saturated rings. The Bertz CT molecular complexity index is 1050. The molecule has 8 nitrogen and oxygen atoms in total. The number of likely N-dealkylation sites (N-methyl/N-ethyl adjacent to an activating group) is 1. The molecule has 1 aromatic heterocycles. The summed E-state index contributed by atoms with van der Waals surface area (Å²) in [6.07, 6.45) is 1.02. The molecular formula is C17H23N3O5S2. The molecule has 0 aliphatic rings. The summed E-state index contributed by atoms with van der Waals surface area (Å²) in [7, 11) is -2.17. The summed E-state index contributed by atoms with van der Waals surface area (Å²) in [6, 6.07) is 3.91. The molecule has 148 valence electrons. The number of benzene rings is 1. The lowest BCUT2D eigenvalue weighted by molar-refractivity contribution is -0.143. The first-order valence-corrected chi connectivity index (χ1v) is 10.9. The van der Waals surface area contributed by atoms with Gasteiger partial charge in [0.2, 0.25) is 10.0 Å². The molecule has 10 heteroatoms. The number of aromatic nitrogens is 1. The number of sulfonamides is 1. The molecule has 1 heterocycles. The van der Waals surface area contributed by atoms with Crippen molar-refractivity contribution in [2.75, 3.05) is 26.5 Å². The SMILES string of the molecule is CCOC(=O)Cn1c(=NC(=O)CN(C)S(C)(=O)=O)sc2cc(C)c(C)cc21. The molecule has 0 aliphatic heterocycles. The summed E-state index contributed by atoms with van der Waals surface area (Å²) in [4.78, 5) is 28.6. The number of nitrogens with zero attached hydrogens (tertiary/aromatic N) is 3. The van der Waals surface area contributed by atoms with Crippen LogP contribution in [0.3, 0.4) is 0 Å². The zero-order valence-corrected chi connectivity index (χ0v) is 17.6. The molecule has 2 aromatic rings. The van der Waals surface area contributed by atoms with Gasteiger partial charge in [0, 0.05) is 7.05 Å². The number of amides is 1. The standard InChI is InChI=1S/C17H23N3O5S2/c1-6-25-16(22)10-20-13-7-11(2)12(3)8-14(13)26-17(20)18-15(21)9-19(4)27(5,23)24/h7-8H,6,9-10H2,1-5H3. The minimum atomic E-state index is -3.49. The normalized spacial score (nSPS) is 12.7. The van der Waals surface area contributed by atoms with Crippen LogP contribution in [0, 0.1) is 13.8 Å². The van der Waals surface area contributed by atoms with E-state index < -0.39 is 21.9 Å². The van der Waals surface area contributed by atoms with Gasteiger partial charge in [0.1, 0.15) is 6.54 Å². The van der Waals surface area contributed by atoms with Crippen LogP contribution in [0.5, 0.6) is 0 Å². The highest BCUT2D eigenvalue weighted by Crippen LogP contribution is 2.22. The molecule has 0 aliphatic carbocycles. The molecular weight excluding hydrogens is 390 g/mol. The molecule has 0 radical (unpaired) electrons. The third-order valence-electron chi connectivity index (χ3n) is 4.04. The summed E-state index contributed by atoms with van der Waals surface area (Å²) in [5.74, 6) is -1.04. The van der Waals surface area contributed by atoms with E-state index in [1.54, 1.807) is 11.5 Å². The van der Waals surface area contributed by atoms with E-state index in [9.17, 15) is 18.0 Å². The fraction of sp³-hybridized carbons (Fsp3) is 0.471. The monoisotopic (exact) mass is 413 g/mol. The van der Waals surface area contributed by atoms with E-state index in [1.807, 2.05) is 26.0 Å². The quantitative estimate of drug-likeness (QED) is 0.663. The molecule has 0 unspecified atom stereocenters. The highest BCUT2D eigenvalue weighted by atomic mass is 32.2. The van der Waals surface area contributed by atoms with Crippen LogP contribution in [-0.2, 0) is 30.9 Å². The van der Waals surface area contributed by atoms with Crippen molar-refractivity contribution in [2.45, 2.75) is 27.3 Å². The number of carbonyl (C=O) groups is 2. The number of fused-ring (bicyclic) bond motifs is 1. The second-order valence-electron chi connectivity index (χ2n) is 6.20. The maximum Gasteiger partial charge on any atom is 0.326 e. The number of aryl methyl sites for hydroxylation is 2. The Morgan fingerprint density at radius 3 is 2.48 bits per heavy atom. The average Bonchev–Trinajstić information content (AvgIpc) is 2.84. The summed E-state index contributed by atoms with van der Waals surface area (Å²) in [5.41, 5.74) is 2.91. The molecule has 0 saturated carbocycles. The van der Waals surface area contributed by atoms with Crippen LogP contribution >= 0.6 is 11.3 Å². The lowest BCUT2D eigenvalue weighted by Crippen LogP contribution is -2.32. The summed E-state index contributed by atoms with van der Waals surface area (Å²) < 4.78 is 31.4. The van der Waals surface area contributed by atoms with Crippen molar-refractivity contribution in [3.63, 3.8) is 0 Å². The first-order chi connectivity index (χ1) is 12.5. The van der Waals surface area contributed by atoms with Crippen LogP contribution in [0.4, 0.5) is 0 Å². The van der Waals surface area contributed by atoms with Gasteiger partial charge in [-0.3, -0.25) is 9.59 Å². The topological polar surface area (TPSA) is 98.0 Å². The van der Waals surface area contributed by atoms with Crippen LogP contribution < -0.4 is 4.80 Å². The molecule has 0 saturated heterocycles. The average molecular weight is 414 g/mol. The minimum Gasteiger partial charge on any atom is -0.465 e. The van der Waals surface area contributed by atoms with Crippen LogP contribution in [0.15, 0.2) is 17.1 Å². The van der Waals surface area contributed by atoms with Crippen LogP contribution in [-0.4, -0.2) is 55.6 Å². The lowest BCUT2D eigenvalue weighted by atomic mass is 10.1. The fourth-order valence-corrected chi connectivity index (χ4v) is 3.82. The highest BCUT2D eigenvalue weighted by Gasteiger charge is 2.17. The lowest BCUT2D eigenvalue weighted by Gasteiger charge is -2.10. The Morgan fingerprint density at radius 1 is 1.26 bits per heavy atom. The molecule has 0 N–H and O–H groups in total. The number of hydrogen-bond acceptors (Lipinski definition) is 6. The molecule has 1 aromatic carbocycles. The van der Waals surface area contributed by atoms with Crippen molar-refractivity contribution in [3.8, 4) is 0 Å². The Kier molecular flexibility index (Phi) is 6.55. The Hall–Kier alpha value is -2.04. The van der Waals surface area contributed by atoms with Gasteiger partial charge < -0.3 is 9.30 Å². The number of ether oxygens (including phenoxy) is 1. The maximum atomic E-state index is 12.2. The summed E-state index contributed by atoms with van der Waals surface area (Å²) >= 11 is 1.27. The van der Waals surface area contributed by atoms with Gasteiger partial charge in [-0.2, -0.15) is 9.30 Å². The first kappa shape index (κ1) is 21.3. The third kappa shape index (κ3) is 5.24. The van der Waals surface area contributed by atoms with Crippen LogP contribution in [0.1, 0.15) is 18.1 Å². The van der Waals surface area contributed by atoms with Gasteiger partial charge in [-0.15, -0.1) is 0 Å². The number of rotatable bonds is 6. The van der Waals surface area contributed by atoms with Gasteiger partial charge in [0.05, 0.1) is 29.6 Å². The van der Waals surface area contributed by atoms with E-state index in [1.165, 1.54) is 18.4 Å². The van der Waals surface area contributed by atoms with Gasteiger partial charge in [0.25, 0.3) is 5.91 Å². The molecule has 2 rings (SSSR count). The van der Waals surface area contributed by atoms with Crippen molar-refractivity contribution < 1.29 is 22.7 Å². The van der Waals surface area contributed by atoms with Crippen LogP contribution in [0.25, 0.3) is 10.2 Å². The largest absolute Gasteiger partial charge is 0.465 e. The predicted molar refractivity (Wildman–Crippen MR) is 104 cm³/mol. The zero-order chi connectivity index (χ0) is 20.4. The Labute approximate surface area is 162 Å². The molecule has 0 bridgehead atoms. The minimum absolute atomic E-state index is 0.0790. The number of carbonyl (C=O) groups excluding carboxylic acids is 2. The van der Waals surface area contributed by atoms with Crippen molar-refractivity contribution >= 4 is 43.5 Å². The van der Waals surface area contributed by atoms with Crippen molar-refractivity contribution in [2.24, 2.45) is 4.99 Å². The van der Waals surface area contributed by atoms with Crippen molar-refractivity contribution in [3.05, 3.63) is 28.1 Å². The van der Waals surface area contributed by atoms with Gasteiger partial charge >= 0.3 is 5.97 Å². The Morgan fingerprint density at radius 2 is 1.89 bits per heavy atom. The van der Waals surface area contributed by atoms with Gasteiger partial charge in [0.15, 0.2) is 4.80 Å². The van der Waals surface area contributed by atoms with E-state index in [4.69, 9.17) is 4.74 Å². The number of thiazole rings is 1. The van der Waals surface area contributed by atoms with E-state index >= 15 is 0 Å². The van der Waals surface area contributed by atoms with Gasteiger partial charge in [-0.25, -0.2) is 8.42 Å². The summed E-state index contributed by atoms with van der Waals surface area (Å²) in [5, 5.41) is 0. The van der Waals surface area contributed by atoms with Crippen LogP contribution in [0.2, 0.25) is 0 Å². The van der Waals surface area contributed by atoms with Crippen molar-refractivity contribution in [1.82, 2.24) is 8.87 Å². The van der Waals surface area contributed by atoms with Crippen molar-refractivity contribution in [1.29, 1.82) is 0 Å². The Balaban J connectivity index is 2.53. The van der Waals surface area contributed by atoms with E-state index in [0.29, 0.717) is 4.80 Å². The summed E-state index contributed by atoms with van der Waals surface area (Å²) in [6.45, 7) is 5.47. The zero-order valence-electron chi connectivity index (χ0n) is 16.0. The molecule has 0 spiro atoms. The van der Waals surface area contributed by atoms with E-state index in [-0.39, 0.29) is 19.7 Å². The fourth-order valence-electron chi connectivity index (χ4n) is 2.35. The van der Waals surface area contributed by atoms with Gasteiger partial charge in [-0.1, -0.05) is 11.3 Å². The van der Waals surface area contributed by atoms with E-state index in [2.05, 4.69) is 4.99 Å². The smallest absolute Gasteiger partial charge is 0.326 e.